The van der Waals surface area contributed by atoms with Crippen LogP contribution in [0.25, 0.3) is 0 Å². The van der Waals surface area contributed by atoms with Crippen molar-refractivity contribution < 1.29 is 8.42 Å². The highest BCUT2D eigenvalue weighted by molar-refractivity contribution is 7.87. The summed E-state index contributed by atoms with van der Waals surface area (Å²) in [6, 6.07) is -0.00884. The summed E-state index contributed by atoms with van der Waals surface area (Å²) in [6.45, 7) is 1.63. The van der Waals surface area contributed by atoms with Crippen LogP contribution in [0.5, 0.6) is 0 Å². The first-order valence-electron chi connectivity index (χ1n) is 6.10. The summed E-state index contributed by atoms with van der Waals surface area (Å²) in [5.41, 5.74) is 5.62. The molecule has 2 aliphatic rings. The number of nitrogens with one attached hydrogen (secondary N) is 1. The SMILES string of the molecule is NCC1CCCCN1S(=O)(=O)NCC1CC1. The normalized spacial score (nSPS) is 28.2. The quantitative estimate of drug-likeness (QED) is 0.720. The molecule has 1 saturated carbocycles. The van der Waals surface area contributed by atoms with Gasteiger partial charge in [-0.1, -0.05) is 6.42 Å². The molecule has 16 heavy (non-hydrogen) atoms. The number of piperidine rings is 1. The Kier molecular flexibility index (Phi) is 3.84. The number of rotatable bonds is 5. The Morgan fingerprint density at radius 1 is 1.25 bits per heavy atom. The molecule has 0 amide bonds. The molecule has 5 nitrogen and oxygen atoms in total. The van der Waals surface area contributed by atoms with Gasteiger partial charge in [-0.25, -0.2) is 4.72 Å². The molecule has 6 heteroatoms. The van der Waals surface area contributed by atoms with Crippen LogP contribution < -0.4 is 10.5 Å². The maximum atomic E-state index is 12.0. The van der Waals surface area contributed by atoms with Gasteiger partial charge < -0.3 is 5.73 Å². The lowest BCUT2D eigenvalue weighted by atomic mass is 10.1. The van der Waals surface area contributed by atoms with Crippen molar-refractivity contribution in [2.45, 2.75) is 38.1 Å². The van der Waals surface area contributed by atoms with E-state index in [1.54, 1.807) is 4.31 Å². The van der Waals surface area contributed by atoms with Crippen molar-refractivity contribution in [1.82, 2.24) is 9.03 Å². The van der Waals surface area contributed by atoms with Crippen LogP contribution in [0.15, 0.2) is 0 Å². The van der Waals surface area contributed by atoms with Crippen LogP contribution in [-0.4, -0.2) is 38.4 Å². The zero-order chi connectivity index (χ0) is 11.6. The maximum absolute atomic E-state index is 12.0. The van der Waals surface area contributed by atoms with Gasteiger partial charge in [0, 0.05) is 25.7 Å². The minimum absolute atomic E-state index is 0.00884. The van der Waals surface area contributed by atoms with Crippen LogP contribution in [0.1, 0.15) is 32.1 Å². The van der Waals surface area contributed by atoms with Crippen molar-refractivity contribution in [3.63, 3.8) is 0 Å². The van der Waals surface area contributed by atoms with Crippen molar-refractivity contribution in [2.75, 3.05) is 19.6 Å². The molecule has 94 valence electrons. The Hall–Kier alpha value is -0.170. The third-order valence-electron chi connectivity index (χ3n) is 3.41. The van der Waals surface area contributed by atoms with Gasteiger partial charge in [0.05, 0.1) is 0 Å². The molecule has 0 bridgehead atoms. The van der Waals surface area contributed by atoms with Crippen molar-refractivity contribution in [1.29, 1.82) is 0 Å². The van der Waals surface area contributed by atoms with Gasteiger partial charge in [-0.2, -0.15) is 12.7 Å². The molecule has 1 saturated heterocycles. The standard InChI is InChI=1S/C10H21N3O2S/c11-7-10-3-1-2-6-13(10)16(14,15)12-8-9-4-5-9/h9-10,12H,1-8,11H2. The van der Waals surface area contributed by atoms with Crippen LogP contribution in [-0.2, 0) is 10.2 Å². The van der Waals surface area contributed by atoms with E-state index < -0.39 is 10.2 Å². The van der Waals surface area contributed by atoms with Gasteiger partial charge in [-0.3, -0.25) is 0 Å². The fraction of sp³-hybridized carbons (Fsp3) is 1.00. The molecular formula is C10H21N3O2S. The third-order valence-corrected chi connectivity index (χ3v) is 5.03. The van der Waals surface area contributed by atoms with Crippen molar-refractivity contribution in [3.05, 3.63) is 0 Å². The summed E-state index contributed by atoms with van der Waals surface area (Å²) < 4.78 is 28.3. The van der Waals surface area contributed by atoms with Crippen molar-refractivity contribution >= 4 is 10.2 Å². The molecule has 0 radical (unpaired) electrons. The van der Waals surface area contributed by atoms with E-state index in [2.05, 4.69) is 4.72 Å². The lowest BCUT2D eigenvalue weighted by Crippen LogP contribution is -2.51. The lowest BCUT2D eigenvalue weighted by molar-refractivity contribution is 0.254. The number of hydrogen-bond acceptors (Lipinski definition) is 3. The molecule has 0 aromatic carbocycles. The van der Waals surface area contributed by atoms with Crippen molar-refractivity contribution in [2.24, 2.45) is 11.7 Å². The predicted octanol–water partition coefficient (Wildman–Crippen LogP) is 0.0440. The number of nitrogens with two attached hydrogens (primary N) is 1. The molecule has 0 aromatic rings. The molecule has 3 N–H and O–H groups in total. The summed E-state index contributed by atoms with van der Waals surface area (Å²) in [5.74, 6) is 0.566. The predicted molar refractivity (Wildman–Crippen MR) is 63.0 cm³/mol. The second kappa shape index (κ2) is 5.00. The van der Waals surface area contributed by atoms with E-state index in [1.807, 2.05) is 0 Å². The van der Waals surface area contributed by atoms with Crippen LogP contribution >= 0.6 is 0 Å². The minimum Gasteiger partial charge on any atom is -0.329 e. The van der Waals surface area contributed by atoms with Gasteiger partial charge in [-0.05, 0) is 31.6 Å². The van der Waals surface area contributed by atoms with Crippen LogP contribution in [0, 0.1) is 5.92 Å². The zero-order valence-electron chi connectivity index (χ0n) is 9.56. The Balaban J connectivity index is 1.95. The highest BCUT2D eigenvalue weighted by atomic mass is 32.2. The summed E-state index contributed by atoms with van der Waals surface area (Å²) in [7, 11) is -3.30. The first-order valence-corrected chi connectivity index (χ1v) is 7.54. The topological polar surface area (TPSA) is 75.4 Å². The average molecular weight is 247 g/mol. The van der Waals surface area contributed by atoms with E-state index in [4.69, 9.17) is 5.73 Å². The molecule has 1 atom stereocenters. The maximum Gasteiger partial charge on any atom is 0.279 e. The monoisotopic (exact) mass is 247 g/mol. The van der Waals surface area contributed by atoms with Gasteiger partial charge in [0.1, 0.15) is 0 Å². The van der Waals surface area contributed by atoms with Gasteiger partial charge in [0.15, 0.2) is 0 Å². The summed E-state index contributed by atoms with van der Waals surface area (Å²) >= 11 is 0. The molecule has 2 fully saturated rings. The highest BCUT2D eigenvalue weighted by Crippen LogP contribution is 2.28. The van der Waals surface area contributed by atoms with Gasteiger partial charge in [0.2, 0.25) is 0 Å². The van der Waals surface area contributed by atoms with Gasteiger partial charge in [0.25, 0.3) is 10.2 Å². The molecular weight excluding hydrogens is 226 g/mol. The molecule has 1 unspecified atom stereocenters. The number of hydrogen-bond donors (Lipinski definition) is 2. The minimum atomic E-state index is -3.30. The largest absolute Gasteiger partial charge is 0.329 e. The molecule has 2 rings (SSSR count). The Labute approximate surface area is 97.6 Å². The van der Waals surface area contributed by atoms with E-state index in [9.17, 15) is 8.42 Å². The van der Waals surface area contributed by atoms with E-state index in [1.165, 1.54) is 0 Å². The summed E-state index contributed by atoms with van der Waals surface area (Å²) in [6.07, 6.45) is 5.23. The summed E-state index contributed by atoms with van der Waals surface area (Å²) in [5, 5.41) is 0. The Bertz CT molecular complexity index is 327. The second-order valence-electron chi connectivity index (χ2n) is 4.79. The second-order valence-corrected chi connectivity index (χ2v) is 6.50. The zero-order valence-corrected chi connectivity index (χ0v) is 10.4. The van der Waals surface area contributed by atoms with Crippen LogP contribution in [0.2, 0.25) is 0 Å². The van der Waals surface area contributed by atoms with Gasteiger partial charge >= 0.3 is 0 Å². The van der Waals surface area contributed by atoms with Crippen molar-refractivity contribution in [3.8, 4) is 0 Å². The Morgan fingerprint density at radius 3 is 2.62 bits per heavy atom. The van der Waals surface area contributed by atoms with E-state index in [-0.39, 0.29) is 6.04 Å². The molecule has 1 aliphatic carbocycles. The number of nitrogens with zero attached hydrogens (tertiary/aromatic N) is 1. The first kappa shape index (κ1) is 12.3. The van der Waals surface area contributed by atoms with Crippen LogP contribution in [0.3, 0.4) is 0 Å². The average Bonchev–Trinajstić information content (AvgIpc) is 3.10. The molecule has 1 heterocycles. The molecule has 1 aliphatic heterocycles. The van der Waals surface area contributed by atoms with Crippen LogP contribution in [0.4, 0.5) is 0 Å². The molecule has 0 aromatic heterocycles. The smallest absolute Gasteiger partial charge is 0.279 e. The van der Waals surface area contributed by atoms with Gasteiger partial charge in [-0.15, -0.1) is 0 Å². The van der Waals surface area contributed by atoms with E-state index in [0.717, 1.165) is 32.1 Å². The highest BCUT2D eigenvalue weighted by Gasteiger charge is 2.32. The summed E-state index contributed by atoms with van der Waals surface area (Å²) in [4.78, 5) is 0. The van der Waals surface area contributed by atoms with E-state index in [0.29, 0.717) is 25.6 Å². The fourth-order valence-electron chi connectivity index (χ4n) is 2.15. The third kappa shape index (κ3) is 2.94. The van der Waals surface area contributed by atoms with E-state index >= 15 is 0 Å². The Morgan fingerprint density at radius 2 is 2.00 bits per heavy atom. The lowest BCUT2D eigenvalue weighted by Gasteiger charge is -2.33. The fourth-order valence-corrected chi connectivity index (χ4v) is 3.72. The molecule has 0 spiro atoms. The first-order chi connectivity index (χ1) is 7.63.